The molecule has 0 radical (unpaired) electrons. The first-order valence-corrected chi connectivity index (χ1v) is 8.92. The Morgan fingerprint density at radius 2 is 1.90 bits per heavy atom. The lowest BCUT2D eigenvalue weighted by molar-refractivity contribution is -0.131. The maximum atomic E-state index is 14.2. The molecule has 0 saturated carbocycles. The highest BCUT2D eigenvalue weighted by Crippen LogP contribution is 2.29. The van der Waals surface area contributed by atoms with E-state index >= 15 is 0 Å². The van der Waals surface area contributed by atoms with E-state index in [2.05, 4.69) is 5.10 Å². The van der Waals surface area contributed by atoms with Crippen LogP contribution in [0, 0.1) is 28.8 Å². The third-order valence-corrected chi connectivity index (χ3v) is 4.95. The van der Waals surface area contributed by atoms with Crippen LogP contribution in [0.25, 0.3) is 11.1 Å². The molecule has 8 heteroatoms. The van der Waals surface area contributed by atoms with Crippen LogP contribution < -0.4 is 0 Å². The van der Waals surface area contributed by atoms with Crippen molar-refractivity contribution in [1.82, 2.24) is 14.7 Å². The quantitative estimate of drug-likeness (QED) is 0.682. The Morgan fingerprint density at radius 3 is 2.66 bits per heavy atom. The van der Waals surface area contributed by atoms with Crippen LogP contribution in [0.4, 0.5) is 13.2 Å². The van der Waals surface area contributed by atoms with Gasteiger partial charge >= 0.3 is 0 Å². The Bertz CT molecular complexity index is 1150. The SMILES string of the molecule is N#Cc1cc(CC(=O)N2CCn3ncc(-c4ccc(F)cc4F)c3C2)ccc1F. The summed E-state index contributed by atoms with van der Waals surface area (Å²) in [6, 6.07) is 9.10. The molecule has 0 atom stereocenters. The van der Waals surface area contributed by atoms with Crippen LogP contribution in [0.3, 0.4) is 0 Å². The molecular weight excluding hydrogens is 381 g/mol. The van der Waals surface area contributed by atoms with Crippen molar-refractivity contribution in [2.75, 3.05) is 6.54 Å². The average molecular weight is 396 g/mol. The molecular formula is C21H15F3N4O. The molecule has 0 fully saturated rings. The summed E-state index contributed by atoms with van der Waals surface area (Å²) in [5.41, 5.74) is 1.82. The monoisotopic (exact) mass is 396 g/mol. The summed E-state index contributed by atoms with van der Waals surface area (Å²) in [6.07, 6.45) is 1.53. The van der Waals surface area contributed by atoms with Crippen molar-refractivity contribution >= 4 is 5.91 Å². The number of halogens is 3. The van der Waals surface area contributed by atoms with Crippen LogP contribution in [-0.2, 0) is 24.3 Å². The largest absolute Gasteiger partial charge is 0.335 e. The van der Waals surface area contributed by atoms with Gasteiger partial charge in [-0.3, -0.25) is 9.48 Å². The van der Waals surface area contributed by atoms with Gasteiger partial charge < -0.3 is 4.90 Å². The first kappa shape index (κ1) is 18.7. The van der Waals surface area contributed by atoms with Crippen LogP contribution in [0.1, 0.15) is 16.8 Å². The molecule has 5 nitrogen and oxygen atoms in total. The molecule has 0 N–H and O–H groups in total. The van der Waals surface area contributed by atoms with E-state index < -0.39 is 17.5 Å². The van der Waals surface area contributed by atoms with Crippen LogP contribution in [0.5, 0.6) is 0 Å². The summed E-state index contributed by atoms with van der Waals surface area (Å²) in [6.45, 7) is 1.08. The molecule has 146 valence electrons. The minimum absolute atomic E-state index is 0.0172. The Labute approximate surface area is 164 Å². The van der Waals surface area contributed by atoms with Crippen LogP contribution in [0.15, 0.2) is 42.6 Å². The highest BCUT2D eigenvalue weighted by molar-refractivity contribution is 5.79. The molecule has 29 heavy (non-hydrogen) atoms. The molecule has 2 heterocycles. The summed E-state index contributed by atoms with van der Waals surface area (Å²) in [5, 5.41) is 13.2. The van der Waals surface area contributed by atoms with Gasteiger partial charge in [0.1, 0.15) is 23.5 Å². The number of fused-ring (bicyclic) bond motifs is 1. The fraction of sp³-hybridized carbons (Fsp3) is 0.190. The molecule has 0 spiro atoms. The molecule has 1 aromatic heterocycles. The van der Waals surface area contributed by atoms with E-state index in [0.29, 0.717) is 29.9 Å². The van der Waals surface area contributed by atoms with Gasteiger partial charge in [-0.1, -0.05) is 6.07 Å². The van der Waals surface area contributed by atoms with Crippen molar-refractivity contribution in [2.24, 2.45) is 0 Å². The summed E-state index contributed by atoms with van der Waals surface area (Å²) in [5.74, 6) is -2.19. The summed E-state index contributed by atoms with van der Waals surface area (Å²) >= 11 is 0. The predicted octanol–water partition coefficient (Wildman–Crippen LogP) is 3.42. The topological polar surface area (TPSA) is 61.9 Å². The first-order chi connectivity index (χ1) is 14.0. The lowest BCUT2D eigenvalue weighted by Gasteiger charge is -2.28. The maximum absolute atomic E-state index is 14.2. The van der Waals surface area contributed by atoms with Crippen molar-refractivity contribution in [2.45, 2.75) is 19.5 Å². The van der Waals surface area contributed by atoms with Crippen LogP contribution >= 0.6 is 0 Å². The molecule has 0 aliphatic carbocycles. The molecule has 1 aliphatic rings. The molecule has 3 aromatic rings. The third kappa shape index (κ3) is 3.59. The Hall–Kier alpha value is -3.60. The van der Waals surface area contributed by atoms with Crippen molar-refractivity contribution in [3.8, 4) is 17.2 Å². The van der Waals surface area contributed by atoms with Gasteiger partial charge in [0.05, 0.1) is 37.0 Å². The van der Waals surface area contributed by atoms with Crippen molar-refractivity contribution in [1.29, 1.82) is 5.26 Å². The van der Waals surface area contributed by atoms with Crippen LogP contribution in [0.2, 0.25) is 0 Å². The summed E-state index contributed by atoms with van der Waals surface area (Å²) in [4.78, 5) is 14.3. The lowest BCUT2D eigenvalue weighted by Crippen LogP contribution is -2.39. The smallest absolute Gasteiger partial charge is 0.227 e. The van der Waals surface area contributed by atoms with Crippen molar-refractivity contribution in [3.63, 3.8) is 0 Å². The molecule has 1 amide bonds. The number of carbonyl (C=O) groups is 1. The van der Waals surface area contributed by atoms with E-state index in [9.17, 15) is 18.0 Å². The van der Waals surface area contributed by atoms with Gasteiger partial charge in [-0.15, -0.1) is 0 Å². The molecule has 0 saturated heterocycles. The minimum Gasteiger partial charge on any atom is -0.335 e. The van der Waals surface area contributed by atoms with Gasteiger partial charge in [-0.2, -0.15) is 10.4 Å². The van der Waals surface area contributed by atoms with Gasteiger partial charge in [0.2, 0.25) is 5.91 Å². The second kappa shape index (κ2) is 7.43. The molecule has 2 aromatic carbocycles. The zero-order valence-corrected chi connectivity index (χ0v) is 15.2. The van der Waals surface area contributed by atoms with Gasteiger partial charge in [-0.25, -0.2) is 13.2 Å². The number of nitrogens with zero attached hydrogens (tertiary/aromatic N) is 4. The van der Waals surface area contributed by atoms with Gasteiger partial charge in [0.15, 0.2) is 0 Å². The number of hydrogen-bond donors (Lipinski definition) is 0. The summed E-state index contributed by atoms with van der Waals surface area (Å²) in [7, 11) is 0. The molecule has 0 bridgehead atoms. The third-order valence-electron chi connectivity index (χ3n) is 4.95. The van der Waals surface area contributed by atoms with E-state index in [-0.39, 0.29) is 30.0 Å². The van der Waals surface area contributed by atoms with Crippen LogP contribution in [-0.4, -0.2) is 27.1 Å². The molecule has 1 aliphatic heterocycles. The standard InChI is InChI=1S/C21H15F3N4O/c22-15-2-3-16(19(24)9-15)17-11-26-28-6-5-27(12-20(17)28)21(29)8-13-1-4-18(23)14(7-13)10-25/h1-4,7,9,11H,5-6,8,12H2. The average Bonchev–Trinajstić information content (AvgIpc) is 3.12. The zero-order valence-electron chi connectivity index (χ0n) is 15.2. The number of rotatable bonds is 3. The van der Waals surface area contributed by atoms with Crippen molar-refractivity contribution < 1.29 is 18.0 Å². The highest BCUT2D eigenvalue weighted by atomic mass is 19.1. The molecule has 0 unspecified atom stereocenters. The number of benzene rings is 2. The second-order valence-electron chi connectivity index (χ2n) is 6.77. The second-order valence-corrected chi connectivity index (χ2v) is 6.77. The van der Waals surface area contributed by atoms with Crippen molar-refractivity contribution in [3.05, 3.63) is 76.9 Å². The number of aromatic nitrogens is 2. The first-order valence-electron chi connectivity index (χ1n) is 8.92. The Morgan fingerprint density at radius 1 is 1.07 bits per heavy atom. The zero-order chi connectivity index (χ0) is 20.5. The van der Waals surface area contributed by atoms with E-state index in [1.165, 1.54) is 36.5 Å². The summed E-state index contributed by atoms with van der Waals surface area (Å²) < 4.78 is 42.6. The lowest BCUT2D eigenvalue weighted by atomic mass is 10.0. The number of carbonyl (C=O) groups excluding carboxylic acids is 1. The minimum atomic E-state index is -0.695. The normalized spacial score (nSPS) is 13.1. The number of nitriles is 1. The van der Waals surface area contributed by atoms with E-state index in [1.807, 2.05) is 0 Å². The van der Waals surface area contributed by atoms with Gasteiger partial charge in [-0.05, 0) is 29.8 Å². The fourth-order valence-electron chi connectivity index (χ4n) is 3.45. The number of hydrogen-bond acceptors (Lipinski definition) is 3. The highest BCUT2D eigenvalue weighted by Gasteiger charge is 2.25. The Balaban J connectivity index is 1.56. The predicted molar refractivity (Wildman–Crippen MR) is 97.8 cm³/mol. The Kier molecular flexibility index (Phi) is 4.80. The number of amides is 1. The van der Waals surface area contributed by atoms with Gasteiger partial charge in [0.25, 0.3) is 0 Å². The van der Waals surface area contributed by atoms with Gasteiger partial charge in [0, 0.05) is 23.7 Å². The van der Waals surface area contributed by atoms with E-state index in [4.69, 9.17) is 5.26 Å². The molecule has 4 rings (SSSR count). The van der Waals surface area contributed by atoms with E-state index in [1.54, 1.807) is 15.7 Å². The maximum Gasteiger partial charge on any atom is 0.227 e. The van der Waals surface area contributed by atoms with E-state index in [0.717, 1.165) is 6.07 Å². The fourth-order valence-corrected chi connectivity index (χ4v) is 3.45.